The van der Waals surface area contributed by atoms with E-state index >= 15 is 0 Å². The topological polar surface area (TPSA) is 78.8 Å². The molecule has 0 atom stereocenters. The monoisotopic (exact) mass is 422 g/mol. The van der Waals surface area contributed by atoms with Crippen LogP contribution < -0.4 is 4.74 Å². The van der Waals surface area contributed by atoms with Crippen molar-refractivity contribution in [2.45, 2.75) is 13.8 Å². The quantitative estimate of drug-likeness (QED) is 0.369. The maximum atomic E-state index is 10.00. The maximum Gasteiger partial charge on any atom is 0.238 e. The van der Waals surface area contributed by atoms with Crippen molar-refractivity contribution in [2.75, 3.05) is 7.11 Å². The summed E-state index contributed by atoms with van der Waals surface area (Å²) in [6.45, 7) is 4.04. The first-order valence-corrected chi connectivity index (χ1v) is 10.1. The van der Waals surface area contributed by atoms with E-state index in [-0.39, 0.29) is 11.6 Å². The van der Waals surface area contributed by atoms with Crippen molar-refractivity contribution in [3.63, 3.8) is 0 Å². The van der Waals surface area contributed by atoms with E-state index in [2.05, 4.69) is 11.1 Å². The van der Waals surface area contributed by atoms with Gasteiger partial charge in [-0.05, 0) is 43.2 Å². The van der Waals surface area contributed by atoms with E-state index in [1.54, 1.807) is 18.3 Å². The second-order valence-electron chi connectivity index (χ2n) is 7.52. The summed E-state index contributed by atoms with van der Waals surface area (Å²) in [6, 6.07) is 23.1. The van der Waals surface area contributed by atoms with Gasteiger partial charge in [0.1, 0.15) is 17.4 Å². The third-order valence-corrected chi connectivity index (χ3v) is 5.19. The van der Waals surface area contributed by atoms with Crippen molar-refractivity contribution in [1.29, 1.82) is 5.26 Å². The lowest BCUT2D eigenvalue weighted by Crippen LogP contribution is -1.87. The first kappa shape index (κ1) is 21.0. The molecule has 5 nitrogen and oxygen atoms in total. The number of ether oxygens (including phenoxy) is 1. The highest BCUT2D eigenvalue weighted by molar-refractivity contribution is 5.90. The zero-order valence-electron chi connectivity index (χ0n) is 18.1. The molecule has 0 aliphatic carbocycles. The molecule has 0 fully saturated rings. The fraction of sp³-hybridized carbons (Fsp3) is 0.111. The minimum Gasteiger partial charge on any atom is -0.504 e. The fourth-order valence-electron chi connectivity index (χ4n) is 3.43. The minimum absolute atomic E-state index is 0.0451. The van der Waals surface area contributed by atoms with Crippen LogP contribution in [0.2, 0.25) is 0 Å². The van der Waals surface area contributed by atoms with Gasteiger partial charge in [0.25, 0.3) is 0 Å². The Labute approximate surface area is 186 Å². The van der Waals surface area contributed by atoms with Crippen LogP contribution in [0.15, 0.2) is 76.1 Å². The van der Waals surface area contributed by atoms with Gasteiger partial charge in [-0.1, -0.05) is 59.7 Å². The molecule has 0 spiro atoms. The molecule has 0 radical (unpaired) electrons. The molecule has 32 heavy (non-hydrogen) atoms. The number of nitriles is 1. The van der Waals surface area contributed by atoms with Crippen LogP contribution in [0, 0.1) is 25.2 Å². The third-order valence-electron chi connectivity index (χ3n) is 5.19. The molecular weight excluding hydrogens is 400 g/mol. The highest BCUT2D eigenvalue weighted by Crippen LogP contribution is 2.42. The van der Waals surface area contributed by atoms with Gasteiger partial charge >= 0.3 is 0 Å². The summed E-state index contributed by atoms with van der Waals surface area (Å²) in [5.74, 6) is 1.21. The number of furan rings is 1. The van der Waals surface area contributed by atoms with Crippen LogP contribution in [-0.2, 0) is 0 Å². The number of rotatable bonds is 5. The lowest BCUT2D eigenvalue weighted by Gasteiger charge is -2.05. The summed E-state index contributed by atoms with van der Waals surface area (Å²) in [5.41, 5.74) is 5.81. The molecule has 0 unspecified atom stereocenters. The number of phenolic OH excluding ortho intramolecular Hbond substituents is 1. The Morgan fingerprint density at radius 2 is 1.56 bits per heavy atom. The second-order valence-corrected chi connectivity index (χ2v) is 7.52. The van der Waals surface area contributed by atoms with Crippen LogP contribution in [0.4, 0.5) is 5.88 Å². The normalized spacial score (nSPS) is 10.9. The molecular formula is C27H22N2O3. The summed E-state index contributed by atoms with van der Waals surface area (Å²) in [6.07, 6.45) is 1.58. The van der Waals surface area contributed by atoms with Gasteiger partial charge < -0.3 is 14.3 Å². The molecule has 0 aliphatic heterocycles. The van der Waals surface area contributed by atoms with E-state index in [1.807, 2.05) is 62.4 Å². The molecule has 4 rings (SSSR count). The molecule has 1 aromatic heterocycles. The fourth-order valence-corrected chi connectivity index (χ4v) is 3.43. The maximum absolute atomic E-state index is 10.00. The van der Waals surface area contributed by atoms with Gasteiger partial charge in [0.2, 0.25) is 5.88 Å². The average Bonchev–Trinajstić information content (AvgIpc) is 3.18. The number of benzene rings is 3. The summed E-state index contributed by atoms with van der Waals surface area (Å²) >= 11 is 0. The SMILES string of the molecule is COc1cc(C=Nc2oc(-c3ccc(C)cc3)c(-c3ccc(C)cc3)c2C#N)ccc1O. The number of nitrogens with zero attached hydrogens (tertiary/aromatic N) is 2. The summed E-state index contributed by atoms with van der Waals surface area (Å²) in [4.78, 5) is 4.47. The van der Waals surface area contributed by atoms with E-state index in [9.17, 15) is 10.4 Å². The number of aryl methyl sites for hydroxylation is 2. The van der Waals surface area contributed by atoms with Gasteiger partial charge in [-0.2, -0.15) is 5.26 Å². The number of aromatic hydroxyl groups is 1. The van der Waals surface area contributed by atoms with Crippen molar-refractivity contribution in [3.8, 4) is 40.0 Å². The Kier molecular flexibility index (Phi) is 5.78. The number of methoxy groups -OCH3 is 1. The van der Waals surface area contributed by atoms with Crippen molar-refractivity contribution in [2.24, 2.45) is 4.99 Å². The second kappa shape index (κ2) is 8.83. The van der Waals surface area contributed by atoms with Crippen LogP contribution in [0.1, 0.15) is 22.3 Å². The van der Waals surface area contributed by atoms with E-state index < -0.39 is 0 Å². The van der Waals surface area contributed by atoms with E-state index in [0.717, 1.165) is 22.3 Å². The van der Waals surface area contributed by atoms with Gasteiger partial charge in [-0.25, -0.2) is 4.99 Å². The molecule has 0 aliphatic rings. The number of hydrogen-bond acceptors (Lipinski definition) is 5. The van der Waals surface area contributed by atoms with Crippen molar-refractivity contribution < 1.29 is 14.3 Å². The Morgan fingerprint density at radius 3 is 2.16 bits per heavy atom. The number of hydrogen-bond donors (Lipinski definition) is 1. The molecule has 1 heterocycles. The summed E-state index contributed by atoms with van der Waals surface area (Å²) < 4.78 is 11.3. The predicted molar refractivity (Wildman–Crippen MR) is 126 cm³/mol. The van der Waals surface area contributed by atoms with E-state index in [4.69, 9.17) is 9.15 Å². The van der Waals surface area contributed by atoms with Crippen molar-refractivity contribution in [1.82, 2.24) is 0 Å². The van der Waals surface area contributed by atoms with Gasteiger partial charge in [-0.3, -0.25) is 0 Å². The largest absolute Gasteiger partial charge is 0.504 e. The summed E-state index contributed by atoms with van der Waals surface area (Å²) in [5, 5.41) is 19.8. The zero-order valence-corrected chi connectivity index (χ0v) is 18.1. The van der Waals surface area contributed by atoms with Gasteiger partial charge in [0.15, 0.2) is 11.5 Å². The van der Waals surface area contributed by atoms with Gasteiger partial charge in [0, 0.05) is 17.3 Å². The third kappa shape index (κ3) is 4.12. The van der Waals surface area contributed by atoms with Crippen LogP contribution in [0.5, 0.6) is 11.5 Å². The Bertz CT molecular complexity index is 1330. The van der Waals surface area contributed by atoms with Crippen LogP contribution in [0.25, 0.3) is 22.5 Å². The highest BCUT2D eigenvalue weighted by Gasteiger charge is 2.22. The van der Waals surface area contributed by atoms with Crippen molar-refractivity contribution in [3.05, 3.63) is 89.0 Å². The molecule has 158 valence electrons. The van der Waals surface area contributed by atoms with E-state index in [0.29, 0.717) is 28.2 Å². The van der Waals surface area contributed by atoms with Gasteiger partial charge in [0.05, 0.1) is 7.11 Å². The first-order valence-electron chi connectivity index (χ1n) is 10.1. The van der Waals surface area contributed by atoms with Crippen LogP contribution in [0.3, 0.4) is 0 Å². The minimum atomic E-state index is 0.0451. The van der Waals surface area contributed by atoms with Crippen molar-refractivity contribution >= 4 is 12.1 Å². The molecule has 0 saturated carbocycles. The molecule has 5 heteroatoms. The molecule has 0 bridgehead atoms. The average molecular weight is 422 g/mol. The molecule has 0 amide bonds. The smallest absolute Gasteiger partial charge is 0.238 e. The number of phenols is 1. The van der Waals surface area contributed by atoms with Crippen LogP contribution >= 0.6 is 0 Å². The molecule has 0 saturated heterocycles. The Hall–Kier alpha value is -4.30. The predicted octanol–water partition coefficient (Wildman–Crippen LogP) is 6.57. The Balaban J connectivity index is 1.86. The van der Waals surface area contributed by atoms with Crippen LogP contribution in [-0.4, -0.2) is 18.4 Å². The molecule has 4 aromatic rings. The standard InChI is InChI=1S/C27H22N2O3/c1-17-4-9-20(10-5-17)25-22(15-28)27(32-26(25)21-11-6-18(2)7-12-21)29-16-19-8-13-23(30)24(14-19)31-3/h4-14,16,30H,1-3H3. The molecule has 1 N–H and O–H groups in total. The lowest BCUT2D eigenvalue weighted by molar-refractivity contribution is 0.373. The summed E-state index contributed by atoms with van der Waals surface area (Å²) in [7, 11) is 1.48. The number of aliphatic imine (C=N–C) groups is 1. The highest BCUT2D eigenvalue weighted by atomic mass is 16.5. The van der Waals surface area contributed by atoms with Gasteiger partial charge in [-0.15, -0.1) is 0 Å². The Morgan fingerprint density at radius 1 is 0.938 bits per heavy atom. The zero-order chi connectivity index (χ0) is 22.7. The molecule has 3 aromatic carbocycles. The van der Waals surface area contributed by atoms with E-state index in [1.165, 1.54) is 13.2 Å². The lowest BCUT2D eigenvalue weighted by atomic mass is 9.97. The first-order chi connectivity index (χ1) is 15.5.